The molecule has 0 N–H and O–H groups in total. The van der Waals surface area contributed by atoms with Gasteiger partial charge in [-0.15, -0.1) is 11.8 Å². The number of thioether (sulfide) groups is 1. The molecule has 2 aromatic carbocycles. The van der Waals surface area contributed by atoms with Crippen molar-refractivity contribution in [3.63, 3.8) is 0 Å². The van der Waals surface area contributed by atoms with Gasteiger partial charge in [0.05, 0.1) is 10.5 Å². The van der Waals surface area contributed by atoms with Crippen molar-refractivity contribution in [3.05, 3.63) is 53.6 Å². The summed E-state index contributed by atoms with van der Waals surface area (Å²) in [4.78, 5) is 3.26. The van der Waals surface area contributed by atoms with Gasteiger partial charge in [-0.25, -0.2) is 0 Å². The molecule has 1 saturated heterocycles. The molecule has 2 aromatic rings. The largest absolute Gasteiger partial charge is 0.456 e. The third kappa shape index (κ3) is 3.45. The molecule has 1 fully saturated rings. The van der Waals surface area contributed by atoms with Gasteiger partial charge in [0.15, 0.2) is 0 Å². The zero-order valence-corrected chi connectivity index (χ0v) is 15.2. The number of ether oxygens (including phenoxy) is 1. The Balaban J connectivity index is 1.78. The van der Waals surface area contributed by atoms with E-state index in [0.717, 1.165) is 36.9 Å². The fraction of sp³-hybridized carbons (Fsp3) is 0.400. The molecule has 1 atom stereocenters. The summed E-state index contributed by atoms with van der Waals surface area (Å²) in [7, 11) is 2.09. The first kappa shape index (κ1) is 17.7. The van der Waals surface area contributed by atoms with Crippen LogP contribution in [-0.2, 0) is 6.18 Å². The van der Waals surface area contributed by atoms with Gasteiger partial charge in [-0.3, -0.25) is 0 Å². The predicted molar refractivity (Wildman–Crippen MR) is 96.8 cm³/mol. The van der Waals surface area contributed by atoms with Crippen molar-refractivity contribution in [1.82, 2.24) is 4.90 Å². The lowest BCUT2D eigenvalue weighted by molar-refractivity contribution is -0.137. The van der Waals surface area contributed by atoms with E-state index in [4.69, 9.17) is 4.74 Å². The molecule has 6 heteroatoms. The van der Waals surface area contributed by atoms with Gasteiger partial charge < -0.3 is 9.64 Å². The SMILES string of the molecule is CN1CCC(C2Sc3ccccc3Oc3ccc(C(F)(F)F)cc32)CC1. The van der Waals surface area contributed by atoms with E-state index < -0.39 is 11.7 Å². The van der Waals surface area contributed by atoms with Crippen LogP contribution in [0.15, 0.2) is 47.4 Å². The van der Waals surface area contributed by atoms with Crippen LogP contribution in [0.2, 0.25) is 0 Å². The van der Waals surface area contributed by atoms with Crippen LogP contribution >= 0.6 is 11.8 Å². The Bertz CT molecular complexity index is 800. The lowest BCUT2D eigenvalue weighted by Gasteiger charge is -2.34. The summed E-state index contributed by atoms with van der Waals surface area (Å²) < 4.78 is 45.9. The van der Waals surface area contributed by atoms with Gasteiger partial charge in [0.2, 0.25) is 0 Å². The monoisotopic (exact) mass is 379 g/mol. The van der Waals surface area contributed by atoms with Crippen LogP contribution in [0.1, 0.15) is 29.2 Å². The number of halogens is 3. The van der Waals surface area contributed by atoms with Gasteiger partial charge in [0, 0.05) is 10.8 Å². The maximum Gasteiger partial charge on any atom is 0.416 e. The lowest BCUT2D eigenvalue weighted by atomic mass is 9.88. The van der Waals surface area contributed by atoms with Crippen LogP contribution in [-0.4, -0.2) is 25.0 Å². The highest BCUT2D eigenvalue weighted by Gasteiger charge is 2.36. The fourth-order valence-electron chi connectivity index (χ4n) is 3.67. The first-order chi connectivity index (χ1) is 12.4. The van der Waals surface area contributed by atoms with E-state index in [9.17, 15) is 13.2 Å². The molecule has 2 heterocycles. The van der Waals surface area contributed by atoms with Gasteiger partial charge in [-0.1, -0.05) is 12.1 Å². The maximum absolute atomic E-state index is 13.3. The molecular weight excluding hydrogens is 359 g/mol. The van der Waals surface area contributed by atoms with Crippen LogP contribution in [0.5, 0.6) is 11.5 Å². The van der Waals surface area contributed by atoms with Gasteiger partial charge in [0.1, 0.15) is 11.5 Å². The average Bonchev–Trinajstić information content (AvgIpc) is 2.77. The number of alkyl halides is 3. The Morgan fingerprint density at radius 3 is 2.50 bits per heavy atom. The molecule has 0 spiro atoms. The van der Waals surface area contributed by atoms with Crippen molar-refractivity contribution in [2.75, 3.05) is 20.1 Å². The standard InChI is InChI=1S/C20H20F3NOS/c1-24-10-8-13(9-11-24)19-15-12-14(20(21,22)23)6-7-16(15)25-17-4-2-3-5-18(17)26-19/h2-7,12-13,19H,8-11H2,1H3. The normalized spacial score (nSPS) is 21.5. The number of hydrogen-bond donors (Lipinski definition) is 0. The number of para-hydroxylation sites is 1. The summed E-state index contributed by atoms with van der Waals surface area (Å²) in [6.45, 7) is 1.94. The Kier molecular flexibility index (Phi) is 4.65. The van der Waals surface area contributed by atoms with Crippen LogP contribution in [0.3, 0.4) is 0 Å². The molecule has 0 aliphatic carbocycles. The second-order valence-corrected chi connectivity index (χ2v) is 8.16. The van der Waals surface area contributed by atoms with E-state index in [2.05, 4.69) is 11.9 Å². The number of fused-ring (bicyclic) bond motifs is 2. The second kappa shape index (κ2) is 6.82. The topological polar surface area (TPSA) is 12.5 Å². The van der Waals surface area contributed by atoms with Crippen molar-refractivity contribution in [2.45, 2.75) is 29.2 Å². The Morgan fingerprint density at radius 1 is 1.04 bits per heavy atom. The quantitative estimate of drug-likeness (QED) is 0.604. The molecule has 2 aliphatic rings. The van der Waals surface area contributed by atoms with Gasteiger partial charge in [0.25, 0.3) is 0 Å². The third-order valence-electron chi connectivity index (χ3n) is 5.16. The Hall–Kier alpha value is -1.66. The zero-order valence-electron chi connectivity index (χ0n) is 14.4. The predicted octanol–water partition coefficient (Wildman–Crippen LogP) is 5.99. The fourth-order valence-corrected chi connectivity index (χ4v) is 5.10. The number of piperidine rings is 1. The molecule has 0 amide bonds. The highest BCUT2D eigenvalue weighted by molar-refractivity contribution is 7.99. The molecular formula is C20H20F3NOS. The number of hydrogen-bond acceptors (Lipinski definition) is 3. The van der Waals surface area contributed by atoms with Crippen LogP contribution < -0.4 is 4.74 Å². The van der Waals surface area contributed by atoms with Gasteiger partial charge in [-0.2, -0.15) is 13.2 Å². The Morgan fingerprint density at radius 2 is 1.77 bits per heavy atom. The molecule has 0 saturated carbocycles. The minimum Gasteiger partial charge on any atom is -0.456 e. The molecule has 138 valence electrons. The molecule has 0 bridgehead atoms. The molecule has 2 aliphatic heterocycles. The Labute approximate surface area is 155 Å². The van der Waals surface area contributed by atoms with Gasteiger partial charge >= 0.3 is 6.18 Å². The summed E-state index contributed by atoms with van der Waals surface area (Å²) in [6, 6.07) is 11.6. The highest BCUT2D eigenvalue weighted by Crippen LogP contribution is 2.53. The zero-order chi connectivity index (χ0) is 18.3. The minimum atomic E-state index is -4.35. The first-order valence-electron chi connectivity index (χ1n) is 8.75. The van der Waals surface area contributed by atoms with E-state index in [1.54, 1.807) is 11.8 Å². The molecule has 0 aromatic heterocycles. The van der Waals surface area contributed by atoms with E-state index in [1.165, 1.54) is 12.1 Å². The van der Waals surface area contributed by atoms with Crippen LogP contribution in [0.4, 0.5) is 13.2 Å². The summed E-state index contributed by atoms with van der Waals surface area (Å²) in [5.41, 5.74) is 0.0555. The third-order valence-corrected chi connectivity index (χ3v) is 6.64. The maximum atomic E-state index is 13.3. The lowest BCUT2D eigenvalue weighted by Crippen LogP contribution is -2.32. The molecule has 0 radical (unpaired) electrons. The van der Waals surface area contributed by atoms with Crippen molar-refractivity contribution in [1.29, 1.82) is 0 Å². The molecule has 26 heavy (non-hydrogen) atoms. The average molecular weight is 379 g/mol. The van der Waals surface area contributed by atoms with Gasteiger partial charge in [-0.05, 0) is 69.2 Å². The number of nitrogens with zero attached hydrogens (tertiary/aromatic N) is 1. The van der Waals surface area contributed by atoms with Crippen molar-refractivity contribution < 1.29 is 17.9 Å². The highest BCUT2D eigenvalue weighted by atomic mass is 32.2. The number of likely N-dealkylation sites (tertiary alicyclic amines) is 1. The van der Waals surface area contributed by atoms with Crippen molar-refractivity contribution in [3.8, 4) is 11.5 Å². The molecule has 4 rings (SSSR count). The number of benzene rings is 2. The van der Waals surface area contributed by atoms with Crippen LogP contribution in [0.25, 0.3) is 0 Å². The summed E-state index contributed by atoms with van der Waals surface area (Å²) in [6.07, 6.45) is -2.39. The second-order valence-electron chi connectivity index (χ2n) is 6.98. The van der Waals surface area contributed by atoms with E-state index >= 15 is 0 Å². The summed E-state index contributed by atoms with van der Waals surface area (Å²) in [5.74, 6) is 1.58. The van der Waals surface area contributed by atoms with E-state index in [1.807, 2.05) is 24.3 Å². The minimum absolute atomic E-state index is 0.0374. The first-order valence-corrected chi connectivity index (χ1v) is 9.63. The van der Waals surface area contributed by atoms with Crippen LogP contribution in [0, 0.1) is 5.92 Å². The van der Waals surface area contributed by atoms with Crippen molar-refractivity contribution >= 4 is 11.8 Å². The molecule has 1 unspecified atom stereocenters. The van der Waals surface area contributed by atoms with Crippen molar-refractivity contribution in [2.24, 2.45) is 5.92 Å². The van der Waals surface area contributed by atoms with E-state index in [0.29, 0.717) is 23.0 Å². The molecule has 2 nitrogen and oxygen atoms in total. The van der Waals surface area contributed by atoms with E-state index in [-0.39, 0.29) is 5.25 Å². The summed E-state index contributed by atoms with van der Waals surface area (Å²) in [5, 5.41) is -0.0374. The number of rotatable bonds is 1. The smallest absolute Gasteiger partial charge is 0.416 e. The summed E-state index contributed by atoms with van der Waals surface area (Å²) >= 11 is 1.64.